The van der Waals surface area contributed by atoms with Crippen LogP contribution in [0, 0.1) is 0 Å². The lowest BCUT2D eigenvalue weighted by molar-refractivity contribution is -0.140. The number of methoxy groups -OCH3 is 1. The molecule has 114 valence electrons. The van der Waals surface area contributed by atoms with Gasteiger partial charge in [-0.1, -0.05) is 12.1 Å². The smallest absolute Gasteiger partial charge is 0.380 e. The second kappa shape index (κ2) is 6.11. The van der Waals surface area contributed by atoms with E-state index in [1.807, 2.05) is 0 Å². The van der Waals surface area contributed by atoms with Crippen molar-refractivity contribution in [3.05, 3.63) is 29.3 Å². The molecule has 0 atom stereocenters. The van der Waals surface area contributed by atoms with Crippen molar-refractivity contribution in [3.8, 4) is 0 Å². The van der Waals surface area contributed by atoms with E-state index < -0.39 is 32.9 Å². The Bertz CT molecular complexity index is 565. The van der Waals surface area contributed by atoms with Crippen LogP contribution in [0.1, 0.15) is 25.0 Å². The van der Waals surface area contributed by atoms with Gasteiger partial charge in [0.1, 0.15) is 4.90 Å². The van der Waals surface area contributed by atoms with Gasteiger partial charge in [0.2, 0.25) is 0 Å². The predicted octanol–water partition coefficient (Wildman–Crippen LogP) is 2.97. The summed E-state index contributed by atoms with van der Waals surface area (Å²) in [5.74, 6) is 0. The first-order valence-electron chi connectivity index (χ1n) is 5.71. The topological polar surface area (TPSA) is 52.6 Å². The molecule has 0 aliphatic carbocycles. The minimum atomic E-state index is -4.80. The highest BCUT2D eigenvalue weighted by Gasteiger charge is 2.39. The third kappa shape index (κ3) is 3.94. The lowest BCUT2D eigenvalue weighted by Gasteiger charge is -2.17. The van der Waals surface area contributed by atoms with Crippen molar-refractivity contribution in [2.75, 3.05) is 7.11 Å². The monoisotopic (exact) mass is 312 g/mol. The Morgan fingerprint density at radius 2 is 1.85 bits per heavy atom. The molecule has 0 saturated carbocycles. The highest BCUT2D eigenvalue weighted by molar-refractivity contribution is 7.86. The molecular weight excluding hydrogens is 297 g/mol. The molecule has 0 aliphatic rings. The van der Waals surface area contributed by atoms with Gasteiger partial charge in [0.25, 0.3) is 10.1 Å². The Kier molecular flexibility index (Phi) is 5.17. The summed E-state index contributed by atoms with van der Waals surface area (Å²) in [6.07, 6.45) is -5.57. The van der Waals surface area contributed by atoms with E-state index in [0.29, 0.717) is 6.07 Å². The second-order valence-electron chi connectivity index (χ2n) is 4.32. The van der Waals surface area contributed by atoms with Crippen LogP contribution in [-0.4, -0.2) is 21.6 Å². The maximum absolute atomic E-state index is 13.0. The number of hydrogen-bond acceptors (Lipinski definition) is 4. The summed E-state index contributed by atoms with van der Waals surface area (Å²) in [7, 11) is -3.26. The summed E-state index contributed by atoms with van der Waals surface area (Å²) in [4.78, 5) is -0.886. The number of hydrogen-bond donors (Lipinski definition) is 0. The van der Waals surface area contributed by atoms with Gasteiger partial charge >= 0.3 is 6.18 Å². The van der Waals surface area contributed by atoms with Crippen LogP contribution in [0.4, 0.5) is 13.2 Å². The minimum Gasteiger partial charge on any atom is -0.380 e. The first-order valence-corrected chi connectivity index (χ1v) is 7.11. The summed E-state index contributed by atoms with van der Waals surface area (Å²) in [6, 6.07) is 3.09. The highest BCUT2D eigenvalue weighted by Crippen LogP contribution is 2.37. The molecule has 4 nitrogen and oxygen atoms in total. The fourth-order valence-corrected chi connectivity index (χ4v) is 3.18. The van der Waals surface area contributed by atoms with Crippen LogP contribution in [0.15, 0.2) is 23.1 Å². The molecule has 0 fully saturated rings. The minimum absolute atomic E-state index is 0.0945. The number of benzene rings is 1. The molecule has 0 unspecified atom stereocenters. The lowest BCUT2D eigenvalue weighted by atomic mass is 10.1. The van der Waals surface area contributed by atoms with E-state index >= 15 is 0 Å². The van der Waals surface area contributed by atoms with E-state index in [9.17, 15) is 21.6 Å². The van der Waals surface area contributed by atoms with E-state index in [0.717, 1.165) is 6.07 Å². The quantitative estimate of drug-likeness (QED) is 0.784. The average molecular weight is 312 g/mol. The molecule has 0 spiro atoms. The number of rotatable bonds is 5. The van der Waals surface area contributed by atoms with Crippen molar-refractivity contribution < 1.29 is 30.5 Å². The number of halogens is 3. The first kappa shape index (κ1) is 16.9. The molecule has 0 aliphatic heterocycles. The van der Waals surface area contributed by atoms with Gasteiger partial charge in [-0.15, -0.1) is 0 Å². The molecule has 1 aromatic rings. The molecular formula is C12H15F3O4S. The van der Waals surface area contributed by atoms with Crippen LogP contribution in [0.3, 0.4) is 0 Å². The number of alkyl halides is 3. The predicted molar refractivity (Wildman–Crippen MR) is 65.6 cm³/mol. The van der Waals surface area contributed by atoms with Crippen LogP contribution >= 0.6 is 0 Å². The number of ether oxygens (including phenoxy) is 1. The maximum atomic E-state index is 13.0. The largest absolute Gasteiger partial charge is 0.417 e. The van der Waals surface area contributed by atoms with Crippen molar-refractivity contribution in [1.29, 1.82) is 0 Å². The van der Waals surface area contributed by atoms with E-state index in [4.69, 9.17) is 4.74 Å². The zero-order chi connectivity index (χ0) is 15.6. The van der Waals surface area contributed by atoms with Crippen LogP contribution in [0.5, 0.6) is 0 Å². The molecule has 0 radical (unpaired) electrons. The molecule has 0 amide bonds. The molecule has 8 heteroatoms. The molecule has 0 N–H and O–H groups in total. The molecule has 0 bridgehead atoms. The Hall–Kier alpha value is -1.12. The summed E-state index contributed by atoms with van der Waals surface area (Å²) in [5, 5.41) is 0. The highest BCUT2D eigenvalue weighted by atomic mass is 32.2. The van der Waals surface area contributed by atoms with Crippen LogP contribution in [-0.2, 0) is 31.8 Å². The van der Waals surface area contributed by atoms with E-state index in [-0.39, 0.29) is 12.2 Å². The zero-order valence-corrected chi connectivity index (χ0v) is 12.0. The van der Waals surface area contributed by atoms with Crippen molar-refractivity contribution in [1.82, 2.24) is 0 Å². The standard InChI is InChI=1S/C12H15F3O4S/c1-8(2)19-20(16,17)11-9(7-18-3)5-4-6-10(11)12(13,14)15/h4-6,8H,7H2,1-3H3. The average Bonchev–Trinajstić information content (AvgIpc) is 2.26. The van der Waals surface area contributed by atoms with Gasteiger partial charge in [-0.25, -0.2) is 0 Å². The van der Waals surface area contributed by atoms with Crippen LogP contribution < -0.4 is 0 Å². The normalized spacial score (nSPS) is 12.9. The molecule has 1 aromatic carbocycles. The lowest BCUT2D eigenvalue weighted by Crippen LogP contribution is -2.20. The molecule has 0 aromatic heterocycles. The third-order valence-electron chi connectivity index (χ3n) is 2.27. The fraction of sp³-hybridized carbons (Fsp3) is 0.500. The van der Waals surface area contributed by atoms with Crippen molar-refractivity contribution in [3.63, 3.8) is 0 Å². The summed E-state index contributed by atoms with van der Waals surface area (Å²) >= 11 is 0. The Labute approximate surface area is 115 Å². The van der Waals surface area contributed by atoms with E-state index in [1.165, 1.54) is 27.0 Å². The summed E-state index contributed by atoms with van der Waals surface area (Å²) in [5.41, 5.74) is -1.35. The van der Waals surface area contributed by atoms with Crippen LogP contribution in [0.25, 0.3) is 0 Å². The Morgan fingerprint density at radius 1 is 1.25 bits per heavy atom. The van der Waals surface area contributed by atoms with Gasteiger partial charge in [0.15, 0.2) is 0 Å². The van der Waals surface area contributed by atoms with Gasteiger partial charge in [-0.2, -0.15) is 21.6 Å². The SMILES string of the molecule is COCc1cccc(C(F)(F)F)c1S(=O)(=O)OC(C)C. The second-order valence-corrected chi connectivity index (χ2v) is 5.83. The van der Waals surface area contributed by atoms with Gasteiger partial charge in [-0.3, -0.25) is 4.18 Å². The van der Waals surface area contributed by atoms with E-state index in [2.05, 4.69) is 4.18 Å². The van der Waals surface area contributed by atoms with Crippen molar-refractivity contribution in [2.24, 2.45) is 0 Å². The summed E-state index contributed by atoms with van der Waals surface area (Å²) in [6.45, 7) is 2.58. The first-order chi connectivity index (χ1) is 9.09. The van der Waals surface area contributed by atoms with Gasteiger partial charge < -0.3 is 4.74 Å². The van der Waals surface area contributed by atoms with Crippen molar-refractivity contribution in [2.45, 2.75) is 37.6 Å². The van der Waals surface area contributed by atoms with Gasteiger partial charge in [0, 0.05) is 7.11 Å². The molecule has 0 heterocycles. The van der Waals surface area contributed by atoms with E-state index in [1.54, 1.807) is 0 Å². The summed E-state index contributed by atoms with van der Waals surface area (Å²) < 4.78 is 72.4. The van der Waals surface area contributed by atoms with Crippen LogP contribution in [0.2, 0.25) is 0 Å². The molecule has 1 rings (SSSR count). The van der Waals surface area contributed by atoms with Crippen molar-refractivity contribution >= 4 is 10.1 Å². The van der Waals surface area contributed by atoms with Gasteiger partial charge in [0.05, 0.1) is 18.3 Å². The third-order valence-corrected chi connectivity index (χ3v) is 3.89. The maximum Gasteiger partial charge on any atom is 0.417 e. The Morgan fingerprint density at radius 3 is 2.30 bits per heavy atom. The van der Waals surface area contributed by atoms with Gasteiger partial charge in [-0.05, 0) is 25.5 Å². The molecule has 20 heavy (non-hydrogen) atoms. The zero-order valence-electron chi connectivity index (χ0n) is 11.2. The molecule has 0 saturated heterocycles. The fourth-order valence-electron chi connectivity index (χ4n) is 1.67. The Balaban J connectivity index is 3.55.